The van der Waals surface area contributed by atoms with Crippen molar-refractivity contribution in [2.24, 2.45) is 0 Å². The fourth-order valence-electron chi connectivity index (χ4n) is 7.74. The van der Waals surface area contributed by atoms with Crippen LogP contribution in [0.2, 0.25) is 0 Å². The Hall–Kier alpha value is -1.39. The molecule has 4 nitrogen and oxygen atoms in total. The van der Waals surface area contributed by atoms with Crippen LogP contribution in [-0.2, 0) is 4.79 Å². The molecule has 0 aromatic rings. The van der Waals surface area contributed by atoms with Gasteiger partial charge in [0.1, 0.15) is 0 Å². The number of hydrogen-bond donors (Lipinski definition) is 3. The lowest BCUT2D eigenvalue weighted by atomic mass is 10.0. The third kappa shape index (κ3) is 43.7. The molecule has 2 unspecified atom stereocenters. The van der Waals surface area contributed by atoms with E-state index in [-0.39, 0.29) is 12.5 Å². The Balaban J connectivity index is 3.49. The normalized spacial score (nSPS) is 13.1. The van der Waals surface area contributed by atoms with Crippen LogP contribution in [0.25, 0.3) is 0 Å². The Kier molecular flexibility index (Phi) is 46.8. The number of hydrogen-bond acceptors (Lipinski definition) is 3. The van der Waals surface area contributed by atoms with Crippen LogP contribution < -0.4 is 5.32 Å². The summed E-state index contributed by atoms with van der Waals surface area (Å²) < 4.78 is 0. The number of carbonyl (C=O) groups is 1. The van der Waals surface area contributed by atoms with Gasteiger partial charge < -0.3 is 15.5 Å². The molecule has 2 atom stereocenters. The summed E-state index contributed by atoms with van der Waals surface area (Å²) in [5.41, 5.74) is 0. The van der Waals surface area contributed by atoms with Gasteiger partial charge in [-0.2, -0.15) is 0 Å². The van der Waals surface area contributed by atoms with Crippen molar-refractivity contribution >= 4 is 5.91 Å². The molecule has 0 fully saturated rings. The Bertz CT molecular complexity index is 851. The van der Waals surface area contributed by atoms with Crippen molar-refractivity contribution in [2.75, 3.05) is 6.61 Å². The summed E-state index contributed by atoms with van der Waals surface area (Å²) in [5, 5.41) is 23.1. The van der Waals surface area contributed by atoms with Crippen LogP contribution in [0.3, 0.4) is 0 Å². The second kappa shape index (κ2) is 48.0. The van der Waals surface area contributed by atoms with Gasteiger partial charge in [0.2, 0.25) is 5.91 Å². The lowest BCUT2D eigenvalue weighted by Crippen LogP contribution is -2.45. The number of aliphatic hydroxyl groups excluding tert-OH is 2. The van der Waals surface area contributed by atoms with Crippen LogP contribution in [0.5, 0.6) is 0 Å². The van der Waals surface area contributed by atoms with Crippen LogP contribution in [0.4, 0.5) is 0 Å². The minimum Gasteiger partial charge on any atom is -0.394 e. The molecule has 56 heavy (non-hydrogen) atoms. The molecule has 0 rings (SSSR count). The van der Waals surface area contributed by atoms with Gasteiger partial charge >= 0.3 is 0 Å². The predicted octanol–water partition coefficient (Wildman–Crippen LogP) is 16.1. The Morgan fingerprint density at radius 1 is 0.429 bits per heavy atom. The first-order chi connectivity index (χ1) is 27.7. The second-order valence-corrected chi connectivity index (χ2v) is 17.2. The smallest absolute Gasteiger partial charge is 0.220 e. The third-order valence-corrected chi connectivity index (χ3v) is 11.6. The fraction of sp³-hybridized carbons (Fsp3) is 0.865. The number of aliphatic hydroxyl groups is 2. The molecule has 0 aromatic carbocycles. The topological polar surface area (TPSA) is 69.6 Å². The van der Waals surface area contributed by atoms with Gasteiger partial charge in [-0.05, 0) is 51.4 Å². The summed E-state index contributed by atoms with van der Waals surface area (Å²) in [5.74, 6) is -0.0630. The first kappa shape index (κ1) is 54.6. The molecule has 3 N–H and O–H groups in total. The molecule has 0 heterocycles. The zero-order valence-corrected chi connectivity index (χ0v) is 37.9. The molecular formula is C52H99NO3. The van der Waals surface area contributed by atoms with Crippen molar-refractivity contribution in [3.63, 3.8) is 0 Å². The van der Waals surface area contributed by atoms with Crippen molar-refractivity contribution in [1.29, 1.82) is 0 Å². The van der Waals surface area contributed by atoms with Gasteiger partial charge in [0, 0.05) is 6.42 Å². The van der Waals surface area contributed by atoms with Crippen molar-refractivity contribution in [3.05, 3.63) is 36.5 Å². The van der Waals surface area contributed by atoms with Crippen molar-refractivity contribution < 1.29 is 15.0 Å². The Morgan fingerprint density at radius 3 is 1.07 bits per heavy atom. The van der Waals surface area contributed by atoms with Gasteiger partial charge in [-0.15, -0.1) is 0 Å². The number of carbonyl (C=O) groups excluding carboxylic acids is 1. The highest BCUT2D eigenvalue weighted by Gasteiger charge is 2.18. The maximum atomic E-state index is 12.4. The third-order valence-electron chi connectivity index (χ3n) is 11.6. The lowest BCUT2D eigenvalue weighted by molar-refractivity contribution is -0.123. The highest BCUT2D eigenvalue weighted by atomic mass is 16.3. The Labute approximate surface area is 351 Å². The molecule has 0 aromatic heterocycles. The largest absolute Gasteiger partial charge is 0.394 e. The van der Waals surface area contributed by atoms with E-state index in [9.17, 15) is 15.0 Å². The van der Waals surface area contributed by atoms with Crippen LogP contribution in [0.1, 0.15) is 271 Å². The van der Waals surface area contributed by atoms with E-state index >= 15 is 0 Å². The predicted molar refractivity (Wildman–Crippen MR) is 248 cm³/mol. The number of rotatable bonds is 46. The van der Waals surface area contributed by atoms with Gasteiger partial charge in [-0.1, -0.05) is 249 Å². The van der Waals surface area contributed by atoms with Crippen LogP contribution in [-0.4, -0.2) is 34.9 Å². The van der Waals surface area contributed by atoms with E-state index in [1.54, 1.807) is 6.08 Å². The first-order valence-corrected chi connectivity index (χ1v) is 25.2. The van der Waals surface area contributed by atoms with Crippen molar-refractivity contribution in [1.82, 2.24) is 5.32 Å². The van der Waals surface area contributed by atoms with Crippen LogP contribution >= 0.6 is 0 Å². The van der Waals surface area contributed by atoms with Gasteiger partial charge in [0.15, 0.2) is 0 Å². The molecule has 0 aliphatic rings. The zero-order chi connectivity index (χ0) is 40.7. The summed E-state index contributed by atoms with van der Waals surface area (Å²) in [7, 11) is 0. The number of allylic oxidation sites excluding steroid dienone is 5. The molecule has 0 spiro atoms. The minimum atomic E-state index is -0.838. The van der Waals surface area contributed by atoms with Gasteiger partial charge in [0.25, 0.3) is 0 Å². The summed E-state index contributed by atoms with van der Waals surface area (Å²) in [4.78, 5) is 12.4. The molecule has 0 radical (unpaired) electrons. The molecule has 0 saturated heterocycles. The van der Waals surface area contributed by atoms with Crippen molar-refractivity contribution in [3.8, 4) is 0 Å². The average Bonchev–Trinajstić information content (AvgIpc) is 3.20. The van der Waals surface area contributed by atoms with E-state index in [1.807, 2.05) is 6.08 Å². The summed E-state index contributed by atoms with van der Waals surface area (Å²) in [6.45, 7) is 4.32. The maximum Gasteiger partial charge on any atom is 0.220 e. The zero-order valence-electron chi connectivity index (χ0n) is 37.9. The van der Waals surface area contributed by atoms with E-state index in [0.29, 0.717) is 6.42 Å². The van der Waals surface area contributed by atoms with Gasteiger partial charge in [-0.25, -0.2) is 0 Å². The van der Waals surface area contributed by atoms with Gasteiger partial charge in [-0.3, -0.25) is 4.79 Å². The molecule has 0 saturated carbocycles. The number of nitrogens with one attached hydrogen (secondary N) is 1. The maximum absolute atomic E-state index is 12.4. The van der Waals surface area contributed by atoms with Crippen LogP contribution in [0.15, 0.2) is 36.5 Å². The molecule has 1 amide bonds. The van der Waals surface area contributed by atoms with E-state index < -0.39 is 12.1 Å². The summed E-state index contributed by atoms with van der Waals surface area (Å²) in [6, 6.07) is -0.621. The lowest BCUT2D eigenvalue weighted by Gasteiger charge is -2.20. The highest BCUT2D eigenvalue weighted by Crippen LogP contribution is 2.16. The van der Waals surface area contributed by atoms with Crippen LogP contribution in [0, 0.1) is 0 Å². The number of amides is 1. The summed E-state index contributed by atoms with van der Waals surface area (Å²) >= 11 is 0. The van der Waals surface area contributed by atoms with Gasteiger partial charge in [0.05, 0.1) is 18.8 Å². The molecule has 0 bridgehead atoms. The second-order valence-electron chi connectivity index (χ2n) is 17.2. The van der Waals surface area contributed by atoms with E-state index in [4.69, 9.17) is 0 Å². The first-order valence-electron chi connectivity index (χ1n) is 25.2. The molecular weight excluding hydrogens is 687 g/mol. The molecule has 4 heteroatoms. The Morgan fingerprint density at radius 2 is 0.732 bits per heavy atom. The fourth-order valence-corrected chi connectivity index (χ4v) is 7.74. The highest BCUT2D eigenvalue weighted by molar-refractivity contribution is 5.76. The molecule has 0 aliphatic carbocycles. The van der Waals surface area contributed by atoms with E-state index in [1.165, 1.54) is 218 Å². The van der Waals surface area contributed by atoms with E-state index in [0.717, 1.165) is 32.1 Å². The average molecular weight is 786 g/mol. The quantitative estimate of drug-likeness (QED) is 0.0425. The molecule has 0 aliphatic heterocycles. The molecule has 330 valence electrons. The monoisotopic (exact) mass is 786 g/mol. The van der Waals surface area contributed by atoms with Crippen molar-refractivity contribution in [2.45, 2.75) is 283 Å². The minimum absolute atomic E-state index is 0.0630. The summed E-state index contributed by atoms with van der Waals surface area (Å²) in [6.07, 6.45) is 64.2. The van der Waals surface area contributed by atoms with E-state index in [2.05, 4.69) is 43.5 Å². The number of unbranched alkanes of at least 4 members (excludes halogenated alkanes) is 35. The standard InChI is InChI=1S/C52H99NO3/c1-3-5-7-9-11-13-15-17-19-20-21-22-23-24-25-26-27-28-29-30-31-32-34-36-38-40-42-44-46-48-52(56)53-50(49-54)51(55)47-45-43-41-39-37-35-33-18-16-14-12-10-8-6-4-2/h21-22,24-25,45,47,50-51,54-55H,3-20,23,26-44,46,48-49H2,1-2H3,(H,53,56)/b22-21-,25-24-,47-45+. The SMILES string of the molecule is CCCCCCCCCCC/C=C\C/C=C\CCCCCCCCCCCCCCCC(=O)NC(CO)C(O)/C=C/CCCCCCCCCCCCCCC.